The van der Waals surface area contributed by atoms with Crippen LogP contribution in [-0.4, -0.2) is 77.5 Å². The molecule has 2 heterocycles. The number of anilines is 1. The van der Waals surface area contributed by atoms with Gasteiger partial charge in [0, 0.05) is 55.9 Å². The molecule has 2 aliphatic heterocycles. The number of amides is 1. The number of allylic oxidation sites excluding steroid dienone is 2. The van der Waals surface area contributed by atoms with Crippen molar-refractivity contribution in [1.29, 1.82) is 0 Å². The minimum atomic E-state index is -1.82. The fraction of sp³-hybridized carbons (Fsp3) is 0.525. The molecular weight excluding hydrogens is 696 g/mol. The van der Waals surface area contributed by atoms with Crippen molar-refractivity contribution < 1.29 is 48.7 Å². The van der Waals surface area contributed by atoms with E-state index in [-0.39, 0.29) is 73.3 Å². The highest BCUT2D eigenvalue weighted by Crippen LogP contribution is 2.50. The highest BCUT2D eigenvalue weighted by Gasteiger charge is 2.50. The first-order valence-electron chi connectivity index (χ1n) is 18.3. The van der Waals surface area contributed by atoms with E-state index in [1.807, 2.05) is 20.9 Å². The van der Waals surface area contributed by atoms with Crippen molar-refractivity contribution in [2.45, 2.75) is 98.0 Å². The third kappa shape index (κ3) is 7.46. The maximum Gasteiger partial charge on any atom is 0.312 e. The second kappa shape index (κ2) is 15.9. The van der Waals surface area contributed by atoms with Gasteiger partial charge in [-0.25, -0.2) is 0 Å². The maximum atomic E-state index is 14.4. The number of hydrogen-bond donors (Lipinski definition) is 5. The zero-order valence-electron chi connectivity index (χ0n) is 32.4. The number of hydrogen-bond acceptors (Lipinski definition) is 13. The van der Waals surface area contributed by atoms with Crippen LogP contribution in [0.4, 0.5) is 5.69 Å². The molecule has 292 valence electrons. The molecule has 14 heteroatoms. The van der Waals surface area contributed by atoms with E-state index < -0.39 is 47.1 Å². The molecule has 5 rings (SSSR count). The molecule has 54 heavy (non-hydrogen) atoms. The van der Waals surface area contributed by atoms with Crippen LogP contribution in [0.25, 0.3) is 10.8 Å². The van der Waals surface area contributed by atoms with E-state index >= 15 is 0 Å². The van der Waals surface area contributed by atoms with Gasteiger partial charge in [-0.2, -0.15) is 0 Å². The van der Waals surface area contributed by atoms with E-state index in [1.54, 1.807) is 46.1 Å². The molecule has 2 aromatic rings. The number of phenols is 2. The van der Waals surface area contributed by atoms with Gasteiger partial charge in [0.1, 0.15) is 22.5 Å². The molecule has 1 amide bonds. The Morgan fingerprint density at radius 3 is 2.43 bits per heavy atom. The van der Waals surface area contributed by atoms with E-state index in [2.05, 4.69) is 10.6 Å². The van der Waals surface area contributed by atoms with E-state index in [0.29, 0.717) is 13.0 Å². The number of nitrogens with one attached hydrogen (secondary N) is 2. The summed E-state index contributed by atoms with van der Waals surface area (Å²) in [5.74, 6) is -4.77. The smallest absolute Gasteiger partial charge is 0.312 e. The second-order valence-electron chi connectivity index (χ2n) is 14.8. The van der Waals surface area contributed by atoms with Crippen LogP contribution in [-0.2, 0) is 23.8 Å². The predicted octanol–water partition coefficient (Wildman–Crippen LogP) is 4.37. The summed E-state index contributed by atoms with van der Waals surface area (Å²) in [5.41, 5.74) is -0.518. The molecule has 1 saturated carbocycles. The van der Waals surface area contributed by atoms with Gasteiger partial charge in [0.25, 0.3) is 11.7 Å². The first-order valence-corrected chi connectivity index (χ1v) is 18.3. The van der Waals surface area contributed by atoms with Crippen LogP contribution in [0.2, 0.25) is 0 Å². The first kappa shape index (κ1) is 40.4. The van der Waals surface area contributed by atoms with Crippen molar-refractivity contribution >= 4 is 34.1 Å². The van der Waals surface area contributed by atoms with Gasteiger partial charge in [0.15, 0.2) is 11.4 Å². The summed E-state index contributed by atoms with van der Waals surface area (Å²) in [7, 11) is 3.44. The molecule has 0 aromatic heterocycles. The second-order valence-corrected chi connectivity index (χ2v) is 14.8. The molecule has 1 unspecified atom stereocenters. The molecule has 0 saturated heterocycles. The third-order valence-corrected chi connectivity index (χ3v) is 10.4. The number of aliphatic hydroxyl groups is 1. The zero-order chi connectivity index (χ0) is 39.7. The van der Waals surface area contributed by atoms with Crippen molar-refractivity contribution in [3.63, 3.8) is 0 Å². The maximum absolute atomic E-state index is 14.4. The summed E-state index contributed by atoms with van der Waals surface area (Å²) in [4.78, 5) is 49.7. The Bertz CT molecular complexity index is 2060. The number of nitrogens with zero attached hydrogens (tertiary/aromatic N) is 2. The Morgan fingerprint density at radius 1 is 1.07 bits per heavy atom. The number of ether oxygens (including phenoxy) is 4. The molecule has 14 nitrogen and oxygen atoms in total. The SMILES string of the molecule is CNCC1CCCC[C@]12N=c1c(NC(=O)/C(C)=C\C=C\[C@H](C)[C@H](O)OC(C)=O)c(O)c3c(O)c(C)c4c(c3c1=N2)C(=O)[C@@](C)(O/C=C/[C@H](OC)C(C)C)O4. The summed E-state index contributed by atoms with van der Waals surface area (Å²) in [6, 6.07) is 0. The molecule has 5 N–H and O–H groups in total. The number of methoxy groups -OCH3 is 1. The van der Waals surface area contributed by atoms with Crippen molar-refractivity contribution in [2.24, 2.45) is 27.7 Å². The van der Waals surface area contributed by atoms with Gasteiger partial charge in [-0.05, 0) is 52.2 Å². The summed E-state index contributed by atoms with van der Waals surface area (Å²) < 4.78 is 22.5. The van der Waals surface area contributed by atoms with Gasteiger partial charge in [0.05, 0.1) is 28.7 Å². The quantitative estimate of drug-likeness (QED) is 0.0487. The van der Waals surface area contributed by atoms with Gasteiger partial charge in [-0.3, -0.25) is 24.4 Å². The molecule has 0 bridgehead atoms. The van der Waals surface area contributed by atoms with E-state index in [0.717, 1.165) is 19.3 Å². The summed E-state index contributed by atoms with van der Waals surface area (Å²) >= 11 is 0. The highest BCUT2D eigenvalue weighted by atomic mass is 16.7. The summed E-state index contributed by atoms with van der Waals surface area (Å²) in [6.45, 7) is 12.0. The number of fused-ring (bicyclic) bond motifs is 5. The Morgan fingerprint density at radius 2 is 1.78 bits per heavy atom. The van der Waals surface area contributed by atoms with Crippen molar-refractivity contribution in [1.82, 2.24) is 5.32 Å². The molecular formula is C40H52N4O10. The number of benzene rings is 2. The van der Waals surface area contributed by atoms with E-state index in [1.165, 1.54) is 26.2 Å². The number of Topliss-reactive ketones (excluding diaryl/α,β-unsaturated/α-hetero) is 1. The summed E-state index contributed by atoms with van der Waals surface area (Å²) in [5, 5.41) is 40.3. The minimum Gasteiger partial charge on any atom is -0.507 e. The Balaban J connectivity index is 1.67. The van der Waals surface area contributed by atoms with Gasteiger partial charge in [0.2, 0.25) is 6.29 Å². The van der Waals surface area contributed by atoms with Crippen molar-refractivity contribution in [3.8, 4) is 17.2 Å². The van der Waals surface area contributed by atoms with Crippen LogP contribution in [0.1, 0.15) is 83.1 Å². The van der Waals surface area contributed by atoms with Crippen molar-refractivity contribution in [3.05, 3.63) is 58.0 Å². The highest BCUT2D eigenvalue weighted by molar-refractivity contribution is 6.19. The number of aromatic hydroxyl groups is 2. The van der Waals surface area contributed by atoms with E-state index in [9.17, 15) is 29.7 Å². The Labute approximate surface area is 314 Å². The third-order valence-electron chi connectivity index (χ3n) is 10.4. The lowest BCUT2D eigenvalue weighted by Gasteiger charge is -2.36. The number of carbonyl (C=O) groups excluding carboxylic acids is 3. The van der Waals surface area contributed by atoms with E-state index in [4.69, 9.17) is 28.9 Å². The Hall–Kier alpha value is -4.79. The molecule has 6 atom stereocenters. The lowest BCUT2D eigenvalue weighted by atomic mass is 9.79. The lowest BCUT2D eigenvalue weighted by Crippen LogP contribution is -2.41. The van der Waals surface area contributed by atoms with Gasteiger partial charge in [-0.15, -0.1) is 0 Å². The van der Waals surface area contributed by atoms with Crippen LogP contribution < -0.4 is 26.1 Å². The standard InChI is InChI=1S/C40H52N4O10/c1-20(2)26(51-9)16-18-52-39(7)36(48)29-27-28(33(46)23(5)35(29)54-39)34(47)32(31-30(27)43-40(44-31)17-11-10-15-25(40)19-41-8)42-37(49)21(3)13-12-14-22(4)38(50)53-24(6)45/h12-14,16,18,20,22,25-26,38,41,46-47,50H,10-11,15,17,19H2,1-9H3,(H,42,49)/b14-12+,18-16+,21-13-/t22-,25?,26-,38+,39-,40-/m0/s1. The Kier molecular flexibility index (Phi) is 11.9. The predicted molar refractivity (Wildman–Crippen MR) is 201 cm³/mol. The number of carbonyl (C=O) groups is 3. The van der Waals surface area contributed by atoms with Crippen LogP contribution >= 0.6 is 0 Å². The fourth-order valence-electron chi connectivity index (χ4n) is 7.29. The summed E-state index contributed by atoms with van der Waals surface area (Å²) in [6.07, 6.45) is 9.31. The average Bonchev–Trinajstić information content (AvgIpc) is 3.62. The largest absolute Gasteiger partial charge is 0.507 e. The molecule has 1 spiro atoms. The van der Waals surface area contributed by atoms with Crippen LogP contribution in [0.3, 0.4) is 0 Å². The molecule has 1 fully saturated rings. The number of phenolic OH excluding ortho intramolecular Hbond substituents is 2. The van der Waals surface area contributed by atoms with Crippen molar-refractivity contribution in [2.75, 3.05) is 26.0 Å². The van der Waals surface area contributed by atoms with Crippen LogP contribution in [0.15, 0.2) is 46.1 Å². The fourth-order valence-corrected chi connectivity index (χ4v) is 7.29. The number of rotatable bonds is 13. The molecule has 3 aliphatic rings. The zero-order valence-corrected chi connectivity index (χ0v) is 32.4. The monoisotopic (exact) mass is 748 g/mol. The number of ketones is 1. The molecule has 0 radical (unpaired) electrons. The normalized spacial score (nSPS) is 23.9. The molecule has 2 aromatic carbocycles. The van der Waals surface area contributed by atoms with Crippen LogP contribution in [0.5, 0.6) is 17.2 Å². The average molecular weight is 749 g/mol. The first-order chi connectivity index (χ1) is 25.5. The lowest BCUT2D eigenvalue weighted by molar-refractivity contribution is -0.170. The number of aliphatic hydroxyl groups excluding tert-OH is 1. The topological polar surface area (TPSA) is 198 Å². The van der Waals surface area contributed by atoms with Gasteiger partial charge < -0.3 is 44.9 Å². The minimum absolute atomic E-state index is 0.0343. The molecule has 1 aliphatic carbocycles. The van der Waals surface area contributed by atoms with Crippen LogP contribution in [0, 0.1) is 24.7 Å². The number of esters is 1. The van der Waals surface area contributed by atoms with Gasteiger partial charge >= 0.3 is 11.8 Å². The van der Waals surface area contributed by atoms with Gasteiger partial charge in [-0.1, -0.05) is 45.4 Å².